The third kappa shape index (κ3) is 2.80. The summed E-state index contributed by atoms with van der Waals surface area (Å²) < 4.78 is 0. The van der Waals surface area contributed by atoms with Crippen LogP contribution in [-0.4, -0.2) is 17.8 Å². The van der Waals surface area contributed by atoms with E-state index < -0.39 is 0 Å². The number of hydrogen-bond acceptors (Lipinski definition) is 2. The minimum absolute atomic E-state index is 0.0850. The third-order valence-electron chi connectivity index (χ3n) is 3.18. The first-order chi connectivity index (χ1) is 7.31. The largest absolute Gasteiger partial charge is 0.394 e. The zero-order valence-corrected chi connectivity index (χ0v) is 9.19. The van der Waals surface area contributed by atoms with Crippen LogP contribution in [0.5, 0.6) is 0 Å². The van der Waals surface area contributed by atoms with Crippen molar-refractivity contribution in [1.29, 1.82) is 0 Å². The van der Waals surface area contributed by atoms with Gasteiger partial charge in [0.1, 0.15) is 0 Å². The van der Waals surface area contributed by atoms with Gasteiger partial charge in [-0.1, -0.05) is 30.3 Å². The highest BCUT2D eigenvalue weighted by molar-refractivity contribution is 5.19. The van der Waals surface area contributed by atoms with Gasteiger partial charge in [0.15, 0.2) is 0 Å². The first-order valence-electron chi connectivity index (χ1n) is 5.73. The second kappa shape index (κ2) is 4.77. The van der Waals surface area contributed by atoms with Crippen LogP contribution in [0.3, 0.4) is 0 Å². The fourth-order valence-electron chi connectivity index (χ4n) is 1.99. The van der Waals surface area contributed by atoms with Crippen molar-refractivity contribution in [3.05, 3.63) is 35.9 Å². The van der Waals surface area contributed by atoms with E-state index in [0.717, 1.165) is 5.92 Å². The second-order valence-corrected chi connectivity index (χ2v) is 4.44. The van der Waals surface area contributed by atoms with E-state index >= 15 is 0 Å². The zero-order valence-electron chi connectivity index (χ0n) is 9.19. The average molecular weight is 205 g/mol. The predicted molar refractivity (Wildman–Crippen MR) is 61.6 cm³/mol. The Labute approximate surface area is 91.3 Å². The highest BCUT2D eigenvalue weighted by atomic mass is 16.3. The van der Waals surface area contributed by atoms with Crippen molar-refractivity contribution in [2.24, 2.45) is 5.92 Å². The number of rotatable bonds is 5. The maximum Gasteiger partial charge on any atom is 0.0626 e. The molecule has 1 aromatic carbocycles. The zero-order chi connectivity index (χ0) is 10.7. The molecule has 2 rings (SSSR count). The lowest BCUT2D eigenvalue weighted by atomic mass is 10.1. The third-order valence-corrected chi connectivity index (χ3v) is 3.18. The van der Waals surface area contributed by atoms with Gasteiger partial charge in [-0.15, -0.1) is 0 Å². The van der Waals surface area contributed by atoms with E-state index in [1.807, 2.05) is 18.2 Å². The Balaban J connectivity index is 1.97. The molecule has 0 amide bonds. The molecule has 15 heavy (non-hydrogen) atoms. The molecule has 2 heteroatoms. The van der Waals surface area contributed by atoms with Crippen LogP contribution in [0.1, 0.15) is 31.4 Å². The number of aliphatic hydroxyl groups is 1. The Morgan fingerprint density at radius 1 is 1.33 bits per heavy atom. The minimum Gasteiger partial charge on any atom is -0.394 e. The van der Waals surface area contributed by atoms with E-state index in [2.05, 4.69) is 24.4 Å². The normalized spacial score (nSPS) is 19.9. The van der Waals surface area contributed by atoms with E-state index in [-0.39, 0.29) is 12.6 Å². The Kier molecular flexibility index (Phi) is 3.39. The van der Waals surface area contributed by atoms with Crippen molar-refractivity contribution < 1.29 is 5.11 Å². The molecule has 0 spiro atoms. The molecule has 0 saturated heterocycles. The topological polar surface area (TPSA) is 32.3 Å². The average Bonchev–Trinajstić information content (AvgIpc) is 3.10. The summed E-state index contributed by atoms with van der Waals surface area (Å²) in [6, 6.07) is 10.8. The van der Waals surface area contributed by atoms with Crippen molar-refractivity contribution in [3.8, 4) is 0 Å². The van der Waals surface area contributed by atoms with E-state index in [1.54, 1.807) is 0 Å². The predicted octanol–water partition coefficient (Wildman–Crippen LogP) is 2.11. The fraction of sp³-hybridized carbons (Fsp3) is 0.538. The summed E-state index contributed by atoms with van der Waals surface area (Å²) in [7, 11) is 0. The van der Waals surface area contributed by atoms with Gasteiger partial charge < -0.3 is 10.4 Å². The van der Waals surface area contributed by atoms with Gasteiger partial charge in [0.25, 0.3) is 0 Å². The Bertz CT molecular complexity index is 295. The van der Waals surface area contributed by atoms with Crippen LogP contribution in [0, 0.1) is 5.92 Å². The van der Waals surface area contributed by atoms with Crippen molar-refractivity contribution in [2.75, 3.05) is 6.61 Å². The summed E-state index contributed by atoms with van der Waals surface area (Å²) in [5.41, 5.74) is 1.17. The highest BCUT2D eigenvalue weighted by Gasteiger charge is 2.29. The Morgan fingerprint density at radius 3 is 2.53 bits per heavy atom. The SMILES string of the molecule is CC(NC(CO)c1ccccc1)C1CC1. The molecular weight excluding hydrogens is 186 g/mol. The van der Waals surface area contributed by atoms with Crippen LogP contribution in [0.15, 0.2) is 30.3 Å². The van der Waals surface area contributed by atoms with Crippen molar-refractivity contribution >= 4 is 0 Å². The number of hydrogen-bond donors (Lipinski definition) is 2. The number of benzene rings is 1. The molecule has 0 radical (unpaired) electrons. The van der Waals surface area contributed by atoms with Crippen LogP contribution in [-0.2, 0) is 0 Å². The number of nitrogens with one attached hydrogen (secondary N) is 1. The van der Waals surface area contributed by atoms with Crippen LogP contribution in [0.25, 0.3) is 0 Å². The van der Waals surface area contributed by atoms with E-state index in [4.69, 9.17) is 0 Å². The number of aliphatic hydroxyl groups excluding tert-OH is 1. The summed E-state index contributed by atoms with van der Waals surface area (Å²) in [4.78, 5) is 0. The molecular formula is C13H19NO. The Hall–Kier alpha value is -0.860. The van der Waals surface area contributed by atoms with Crippen molar-refractivity contribution in [2.45, 2.75) is 31.8 Å². The molecule has 0 bridgehead atoms. The lowest BCUT2D eigenvalue weighted by molar-refractivity contribution is 0.231. The van der Waals surface area contributed by atoms with E-state index in [1.165, 1.54) is 18.4 Å². The summed E-state index contributed by atoms with van der Waals surface area (Å²) >= 11 is 0. The van der Waals surface area contributed by atoms with Gasteiger partial charge in [-0.25, -0.2) is 0 Å². The Morgan fingerprint density at radius 2 is 2.00 bits per heavy atom. The monoisotopic (exact) mass is 205 g/mol. The molecule has 2 N–H and O–H groups in total. The van der Waals surface area contributed by atoms with Gasteiger partial charge >= 0.3 is 0 Å². The quantitative estimate of drug-likeness (QED) is 0.771. The van der Waals surface area contributed by atoms with Crippen molar-refractivity contribution in [1.82, 2.24) is 5.32 Å². The summed E-state index contributed by atoms with van der Waals surface area (Å²) in [6.45, 7) is 2.38. The van der Waals surface area contributed by atoms with Gasteiger partial charge in [0.2, 0.25) is 0 Å². The standard InChI is InChI=1S/C13H19NO/c1-10(11-7-8-11)14-13(9-15)12-5-3-2-4-6-12/h2-6,10-11,13-15H,7-9H2,1H3. The van der Waals surface area contributed by atoms with Crippen LogP contribution >= 0.6 is 0 Å². The molecule has 1 saturated carbocycles. The molecule has 1 aliphatic carbocycles. The van der Waals surface area contributed by atoms with E-state index in [9.17, 15) is 5.11 Å². The first-order valence-corrected chi connectivity index (χ1v) is 5.73. The van der Waals surface area contributed by atoms with Crippen LogP contribution in [0.2, 0.25) is 0 Å². The summed E-state index contributed by atoms with van der Waals surface area (Å²) in [6.07, 6.45) is 2.67. The smallest absolute Gasteiger partial charge is 0.0626 e. The molecule has 1 fully saturated rings. The summed E-state index contributed by atoms with van der Waals surface area (Å²) in [5.74, 6) is 0.822. The van der Waals surface area contributed by atoms with Gasteiger partial charge in [0.05, 0.1) is 12.6 Å². The van der Waals surface area contributed by atoms with Gasteiger partial charge in [-0.05, 0) is 31.2 Å². The molecule has 2 atom stereocenters. The molecule has 0 heterocycles. The lowest BCUT2D eigenvalue weighted by Gasteiger charge is -2.21. The maximum atomic E-state index is 9.37. The van der Waals surface area contributed by atoms with E-state index in [0.29, 0.717) is 6.04 Å². The first kappa shape index (κ1) is 10.7. The van der Waals surface area contributed by atoms with Crippen LogP contribution in [0.4, 0.5) is 0 Å². The molecule has 2 unspecified atom stereocenters. The highest BCUT2D eigenvalue weighted by Crippen LogP contribution is 2.33. The molecule has 82 valence electrons. The van der Waals surface area contributed by atoms with Gasteiger partial charge in [-0.3, -0.25) is 0 Å². The minimum atomic E-state index is 0.0850. The molecule has 1 aliphatic rings. The molecule has 2 nitrogen and oxygen atoms in total. The van der Waals surface area contributed by atoms with Crippen LogP contribution < -0.4 is 5.32 Å². The maximum absolute atomic E-state index is 9.37. The second-order valence-electron chi connectivity index (χ2n) is 4.44. The van der Waals surface area contributed by atoms with Crippen molar-refractivity contribution in [3.63, 3.8) is 0 Å². The fourth-order valence-corrected chi connectivity index (χ4v) is 1.99. The lowest BCUT2D eigenvalue weighted by Crippen LogP contribution is -2.34. The summed E-state index contributed by atoms with van der Waals surface area (Å²) in [5, 5.41) is 12.9. The van der Waals surface area contributed by atoms with Gasteiger partial charge in [0, 0.05) is 6.04 Å². The molecule has 0 aliphatic heterocycles. The molecule has 0 aromatic heterocycles. The van der Waals surface area contributed by atoms with Gasteiger partial charge in [-0.2, -0.15) is 0 Å². The molecule has 1 aromatic rings.